The first kappa shape index (κ1) is 20.3. The highest BCUT2D eigenvalue weighted by Crippen LogP contribution is 2.25. The van der Waals surface area contributed by atoms with Gasteiger partial charge in [-0.15, -0.1) is 0 Å². The number of fused-ring (bicyclic) bond motifs is 1. The fraction of sp³-hybridized carbons (Fsp3) is 0.318. The largest absolute Gasteiger partial charge is 0.385 e. The van der Waals surface area contributed by atoms with Crippen LogP contribution in [0.2, 0.25) is 0 Å². The molecule has 2 aromatic carbocycles. The minimum Gasteiger partial charge on any atom is -0.385 e. The van der Waals surface area contributed by atoms with Gasteiger partial charge in [-0.25, -0.2) is 4.98 Å². The van der Waals surface area contributed by atoms with Crippen molar-refractivity contribution < 1.29 is 9.53 Å². The van der Waals surface area contributed by atoms with E-state index in [1.54, 1.807) is 17.7 Å². The fourth-order valence-corrected chi connectivity index (χ4v) is 3.98. The third kappa shape index (κ3) is 4.51. The molecule has 0 aliphatic heterocycles. The number of ketones is 1. The maximum absolute atomic E-state index is 13.0. The summed E-state index contributed by atoms with van der Waals surface area (Å²) in [6, 6.07) is 14.8. The zero-order valence-corrected chi connectivity index (χ0v) is 17.2. The highest BCUT2D eigenvalue weighted by atomic mass is 32.2. The molecule has 0 saturated carbocycles. The number of Topliss-reactive ketones (excluding diaryl/α,β-unsaturated/α-hetero) is 1. The molecule has 1 unspecified atom stereocenters. The SMILES string of the molecule is COCCCn1c(SC(C)C(=O)c2ccc(C)cc2)nc2ccccc2c1=O. The Kier molecular flexibility index (Phi) is 6.65. The summed E-state index contributed by atoms with van der Waals surface area (Å²) in [7, 11) is 1.64. The Morgan fingerprint density at radius 2 is 1.89 bits per heavy atom. The lowest BCUT2D eigenvalue weighted by molar-refractivity contribution is 0.0994. The summed E-state index contributed by atoms with van der Waals surface area (Å²) in [6.45, 7) is 4.90. The molecule has 5 nitrogen and oxygen atoms in total. The van der Waals surface area contributed by atoms with Crippen molar-refractivity contribution in [1.29, 1.82) is 0 Å². The van der Waals surface area contributed by atoms with Crippen LogP contribution in [0.4, 0.5) is 0 Å². The topological polar surface area (TPSA) is 61.2 Å². The van der Waals surface area contributed by atoms with Crippen LogP contribution in [0.15, 0.2) is 58.5 Å². The van der Waals surface area contributed by atoms with Gasteiger partial charge in [0.05, 0.1) is 16.2 Å². The second kappa shape index (κ2) is 9.17. The van der Waals surface area contributed by atoms with E-state index < -0.39 is 0 Å². The van der Waals surface area contributed by atoms with Gasteiger partial charge in [-0.05, 0) is 32.4 Å². The molecule has 1 heterocycles. The molecule has 0 aliphatic rings. The van der Waals surface area contributed by atoms with E-state index in [1.165, 1.54) is 11.8 Å². The van der Waals surface area contributed by atoms with Crippen LogP contribution in [0.5, 0.6) is 0 Å². The fourth-order valence-electron chi connectivity index (χ4n) is 2.97. The van der Waals surface area contributed by atoms with Crippen LogP contribution in [0.25, 0.3) is 10.9 Å². The Morgan fingerprint density at radius 1 is 1.18 bits per heavy atom. The standard InChI is InChI=1S/C22H24N2O3S/c1-15-9-11-17(12-10-15)20(25)16(2)28-22-23-19-8-5-4-7-18(19)21(26)24(22)13-6-14-27-3/h4-5,7-12,16H,6,13-14H2,1-3H3. The smallest absolute Gasteiger partial charge is 0.262 e. The minimum absolute atomic E-state index is 0.0239. The minimum atomic E-state index is -0.357. The van der Waals surface area contributed by atoms with E-state index in [4.69, 9.17) is 4.74 Å². The molecular formula is C22H24N2O3S. The van der Waals surface area contributed by atoms with Crippen molar-refractivity contribution in [3.05, 3.63) is 70.0 Å². The van der Waals surface area contributed by atoms with Crippen LogP contribution >= 0.6 is 11.8 Å². The second-order valence-corrected chi connectivity index (χ2v) is 8.01. The summed E-state index contributed by atoms with van der Waals surface area (Å²) in [5.74, 6) is 0.0239. The number of aryl methyl sites for hydroxylation is 1. The van der Waals surface area contributed by atoms with Crippen LogP contribution in [0.3, 0.4) is 0 Å². The maximum atomic E-state index is 13.0. The van der Waals surface area contributed by atoms with Gasteiger partial charge < -0.3 is 4.74 Å². The first-order valence-corrected chi connectivity index (χ1v) is 10.2. The van der Waals surface area contributed by atoms with E-state index in [0.717, 1.165) is 5.56 Å². The number of carbonyl (C=O) groups excluding carboxylic acids is 1. The Labute approximate surface area is 168 Å². The molecule has 0 radical (unpaired) electrons. The lowest BCUT2D eigenvalue weighted by Crippen LogP contribution is -2.25. The van der Waals surface area contributed by atoms with Crippen molar-refractivity contribution in [2.75, 3.05) is 13.7 Å². The van der Waals surface area contributed by atoms with Gasteiger partial charge in [0.15, 0.2) is 10.9 Å². The third-order valence-electron chi connectivity index (χ3n) is 4.54. The molecule has 0 N–H and O–H groups in total. The molecule has 3 aromatic rings. The molecule has 28 heavy (non-hydrogen) atoms. The molecule has 0 spiro atoms. The van der Waals surface area contributed by atoms with Crippen molar-refractivity contribution in [2.45, 2.75) is 37.2 Å². The molecule has 0 bridgehead atoms. The zero-order chi connectivity index (χ0) is 20.1. The van der Waals surface area contributed by atoms with Crippen molar-refractivity contribution in [3.8, 4) is 0 Å². The van der Waals surface area contributed by atoms with Crippen molar-refractivity contribution in [1.82, 2.24) is 9.55 Å². The van der Waals surface area contributed by atoms with E-state index in [0.29, 0.717) is 41.2 Å². The molecule has 0 amide bonds. The summed E-state index contributed by atoms with van der Waals surface area (Å²) in [5, 5.41) is 0.791. The van der Waals surface area contributed by atoms with Crippen LogP contribution in [-0.2, 0) is 11.3 Å². The van der Waals surface area contributed by atoms with Crippen LogP contribution < -0.4 is 5.56 Å². The van der Waals surface area contributed by atoms with Gasteiger partial charge >= 0.3 is 0 Å². The Bertz CT molecular complexity index is 1030. The van der Waals surface area contributed by atoms with E-state index in [-0.39, 0.29) is 16.6 Å². The number of methoxy groups -OCH3 is 1. The van der Waals surface area contributed by atoms with Crippen LogP contribution in [0, 0.1) is 6.92 Å². The van der Waals surface area contributed by atoms with E-state index in [1.807, 2.05) is 56.3 Å². The van der Waals surface area contributed by atoms with Crippen LogP contribution in [0.1, 0.15) is 29.3 Å². The Balaban J connectivity index is 1.93. The molecule has 1 aromatic heterocycles. The predicted molar refractivity (Wildman–Crippen MR) is 113 cm³/mol. The quantitative estimate of drug-likeness (QED) is 0.248. The van der Waals surface area contributed by atoms with Gasteiger partial charge in [-0.1, -0.05) is 53.7 Å². The van der Waals surface area contributed by atoms with Crippen LogP contribution in [-0.4, -0.2) is 34.3 Å². The number of aromatic nitrogens is 2. The lowest BCUT2D eigenvalue weighted by atomic mass is 10.1. The van der Waals surface area contributed by atoms with Gasteiger partial charge in [0.2, 0.25) is 0 Å². The lowest BCUT2D eigenvalue weighted by Gasteiger charge is -2.16. The summed E-state index contributed by atoms with van der Waals surface area (Å²) < 4.78 is 6.78. The predicted octanol–water partition coefficient (Wildman–Crippen LogP) is 4.10. The summed E-state index contributed by atoms with van der Waals surface area (Å²) in [5.41, 5.74) is 2.34. The number of ether oxygens (including phenoxy) is 1. The van der Waals surface area contributed by atoms with Crippen molar-refractivity contribution in [2.24, 2.45) is 0 Å². The first-order valence-electron chi connectivity index (χ1n) is 9.27. The van der Waals surface area contributed by atoms with E-state index in [2.05, 4.69) is 4.98 Å². The number of hydrogen-bond acceptors (Lipinski definition) is 5. The summed E-state index contributed by atoms with van der Waals surface area (Å²) in [4.78, 5) is 30.5. The number of carbonyl (C=O) groups is 1. The highest BCUT2D eigenvalue weighted by molar-refractivity contribution is 8.00. The molecule has 1 atom stereocenters. The first-order chi connectivity index (χ1) is 13.5. The molecule has 0 aliphatic carbocycles. The maximum Gasteiger partial charge on any atom is 0.262 e. The van der Waals surface area contributed by atoms with Gasteiger partial charge in [-0.3, -0.25) is 14.2 Å². The zero-order valence-electron chi connectivity index (χ0n) is 16.3. The summed E-state index contributed by atoms with van der Waals surface area (Å²) >= 11 is 1.33. The Hall–Kier alpha value is -2.44. The summed E-state index contributed by atoms with van der Waals surface area (Å²) in [6.07, 6.45) is 0.699. The molecule has 146 valence electrons. The number of rotatable bonds is 8. The van der Waals surface area contributed by atoms with Crippen molar-refractivity contribution >= 4 is 28.4 Å². The molecule has 3 rings (SSSR count). The molecular weight excluding hydrogens is 372 g/mol. The van der Waals surface area contributed by atoms with Crippen molar-refractivity contribution in [3.63, 3.8) is 0 Å². The molecule has 6 heteroatoms. The number of thioether (sulfide) groups is 1. The second-order valence-electron chi connectivity index (χ2n) is 6.71. The molecule has 0 fully saturated rings. The highest BCUT2D eigenvalue weighted by Gasteiger charge is 2.20. The average Bonchev–Trinajstić information content (AvgIpc) is 2.70. The van der Waals surface area contributed by atoms with Gasteiger partial charge in [0.25, 0.3) is 5.56 Å². The number of nitrogens with zero attached hydrogens (tertiary/aromatic N) is 2. The van der Waals surface area contributed by atoms with Gasteiger partial charge in [-0.2, -0.15) is 0 Å². The van der Waals surface area contributed by atoms with E-state index in [9.17, 15) is 9.59 Å². The molecule has 0 saturated heterocycles. The number of hydrogen-bond donors (Lipinski definition) is 0. The monoisotopic (exact) mass is 396 g/mol. The number of para-hydroxylation sites is 1. The Morgan fingerprint density at radius 3 is 2.61 bits per heavy atom. The normalized spacial score (nSPS) is 12.2. The third-order valence-corrected chi connectivity index (χ3v) is 5.63. The van der Waals surface area contributed by atoms with Gasteiger partial charge in [0, 0.05) is 25.8 Å². The number of benzene rings is 2. The van der Waals surface area contributed by atoms with Gasteiger partial charge in [0.1, 0.15) is 0 Å². The van der Waals surface area contributed by atoms with E-state index >= 15 is 0 Å². The average molecular weight is 397 g/mol.